The molecule has 7 heteroatoms. The topological polar surface area (TPSA) is 67.2 Å². The van der Waals surface area contributed by atoms with Gasteiger partial charge in [-0.3, -0.25) is 4.68 Å². The number of aromatic nitrogens is 2. The van der Waals surface area contributed by atoms with E-state index in [1.165, 1.54) is 10.5 Å². The second-order valence-electron chi connectivity index (χ2n) is 4.99. The van der Waals surface area contributed by atoms with Crippen LogP contribution < -0.4 is 5.32 Å². The van der Waals surface area contributed by atoms with Crippen LogP contribution in [0.5, 0.6) is 0 Å². The minimum atomic E-state index is -3.54. The number of sulfonamides is 1. The molecule has 20 heavy (non-hydrogen) atoms. The largest absolute Gasteiger partial charge is 0.318 e. The lowest BCUT2D eigenvalue weighted by Gasteiger charge is -2.18. The van der Waals surface area contributed by atoms with Gasteiger partial charge in [0.1, 0.15) is 4.90 Å². The summed E-state index contributed by atoms with van der Waals surface area (Å²) in [5.74, 6) is 2.88. The number of nitrogens with one attached hydrogen (secondary N) is 1. The van der Waals surface area contributed by atoms with E-state index >= 15 is 0 Å². The number of hydrogen-bond donors (Lipinski definition) is 1. The highest BCUT2D eigenvalue weighted by molar-refractivity contribution is 7.89. The maximum absolute atomic E-state index is 12.5. The first-order valence-electron chi connectivity index (χ1n) is 6.68. The van der Waals surface area contributed by atoms with E-state index in [-0.39, 0.29) is 11.4 Å². The van der Waals surface area contributed by atoms with Crippen LogP contribution in [0.3, 0.4) is 0 Å². The van der Waals surface area contributed by atoms with Gasteiger partial charge in [-0.05, 0) is 25.8 Å². The van der Waals surface area contributed by atoms with Gasteiger partial charge in [0.15, 0.2) is 0 Å². The number of rotatable bonds is 8. The Morgan fingerprint density at radius 1 is 1.60 bits per heavy atom. The summed E-state index contributed by atoms with van der Waals surface area (Å²) in [5.41, 5.74) is 0. The number of likely N-dealkylation sites (N-methyl/N-ethyl adjacent to an activating group) is 1. The molecule has 0 spiro atoms. The molecule has 0 amide bonds. The predicted octanol–water partition coefficient (Wildman–Crippen LogP) is 0.136. The van der Waals surface area contributed by atoms with Crippen LogP contribution in [0.1, 0.15) is 12.8 Å². The maximum atomic E-state index is 12.5. The summed E-state index contributed by atoms with van der Waals surface area (Å²) >= 11 is 0. The predicted molar refractivity (Wildman–Crippen MR) is 76.5 cm³/mol. The first-order chi connectivity index (χ1) is 9.57. The molecule has 0 unspecified atom stereocenters. The van der Waals surface area contributed by atoms with Crippen molar-refractivity contribution in [1.29, 1.82) is 0 Å². The average Bonchev–Trinajstić information content (AvgIpc) is 3.10. The third-order valence-electron chi connectivity index (χ3n) is 3.26. The molecule has 1 heterocycles. The molecule has 1 aromatic rings. The molecule has 1 aliphatic carbocycles. The molecule has 0 bridgehead atoms. The summed E-state index contributed by atoms with van der Waals surface area (Å²) in [6.45, 7) is 1.98. The monoisotopic (exact) mass is 296 g/mol. The number of nitrogens with zero attached hydrogens (tertiary/aromatic N) is 3. The molecular weight excluding hydrogens is 276 g/mol. The van der Waals surface area contributed by atoms with E-state index in [1.807, 2.05) is 7.05 Å². The Morgan fingerprint density at radius 2 is 2.35 bits per heavy atom. The molecule has 110 valence electrons. The summed E-state index contributed by atoms with van der Waals surface area (Å²) in [5, 5.41) is 7.07. The van der Waals surface area contributed by atoms with E-state index in [9.17, 15) is 8.42 Å². The third-order valence-corrected chi connectivity index (χ3v) is 5.03. The normalized spacial score (nSPS) is 15.4. The van der Waals surface area contributed by atoms with E-state index in [0.29, 0.717) is 19.0 Å². The van der Waals surface area contributed by atoms with Crippen LogP contribution in [0.25, 0.3) is 0 Å². The fraction of sp³-hybridized carbons (Fsp3) is 0.615. The zero-order chi connectivity index (χ0) is 14.6. The Morgan fingerprint density at radius 3 is 2.95 bits per heavy atom. The lowest BCUT2D eigenvalue weighted by Crippen LogP contribution is -2.33. The molecule has 1 aliphatic rings. The molecule has 6 nitrogen and oxygen atoms in total. The van der Waals surface area contributed by atoms with E-state index in [0.717, 1.165) is 19.4 Å². The van der Waals surface area contributed by atoms with Crippen molar-refractivity contribution in [3.63, 3.8) is 0 Å². The van der Waals surface area contributed by atoms with Crippen molar-refractivity contribution in [2.24, 2.45) is 5.92 Å². The van der Waals surface area contributed by atoms with Crippen LogP contribution >= 0.6 is 0 Å². The van der Waals surface area contributed by atoms with Crippen LogP contribution in [0.4, 0.5) is 0 Å². The quantitative estimate of drug-likeness (QED) is 0.693. The molecule has 1 N–H and O–H groups in total. The molecule has 1 aromatic heterocycles. The summed E-state index contributed by atoms with van der Waals surface area (Å²) < 4.78 is 28.1. The van der Waals surface area contributed by atoms with Gasteiger partial charge in [0.05, 0.1) is 19.3 Å². The lowest BCUT2D eigenvalue weighted by atomic mass is 10.4. The highest BCUT2D eigenvalue weighted by atomic mass is 32.2. The van der Waals surface area contributed by atoms with Gasteiger partial charge in [-0.2, -0.15) is 9.40 Å². The standard InChI is InChI=1S/C13H20N4O2S/c1-3-7-17(10-12-4-5-12)20(18,19)13-9-15-16(11-13)8-6-14-2/h1,9,11-12,14H,4-8,10H2,2H3. The van der Waals surface area contributed by atoms with Crippen molar-refractivity contribution in [1.82, 2.24) is 19.4 Å². The van der Waals surface area contributed by atoms with Crippen LogP contribution in [-0.4, -0.2) is 49.2 Å². The minimum absolute atomic E-state index is 0.112. The SMILES string of the molecule is C#CCN(CC1CC1)S(=O)(=O)c1cnn(CCNC)c1. The fourth-order valence-corrected chi connectivity index (χ4v) is 3.30. The third kappa shape index (κ3) is 3.60. The molecule has 0 atom stereocenters. The molecule has 0 radical (unpaired) electrons. The highest BCUT2D eigenvalue weighted by Gasteiger charge is 2.31. The Hall–Kier alpha value is -1.36. The molecule has 1 saturated carbocycles. The number of terminal acetylenes is 1. The summed E-state index contributed by atoms with van der Waals surface area (Å²) in [6, 6.07) is 0. The first kappa shape index (κ1) is 15.0. The number of hydrogen-bond acceptors (Lipinski definition) is 4. The smallest absolute Gasteiger partial charge is 0.247 e. The molecule has 1 fully saturated rings. The van der Waals surface area contributed by atoms with Gasteiger partial charge < -0.3 is 5.32 Å². The van der Waals surface area contributed by atoms with Gasteiger partial charge in [0.2, 0.25) is 10.0 Å². The highest BCUT2D eigenvalue weighted by Crippen LogP contribution is 2.31. The Labute approximate surface area is 120 Å². The van der Waals surface area contributed by atoms with Gasteiger partial charge in [0.25, 0.3) is 0 Å². The van der Waals surface area contributed by atoms with Gasteiger partial charge in [-0.15, -0.1) is 6.42 Å². The van der Waals surface area contributed by atoms with Crippen LogP contribution in [0.15, 0.2) is 17.3 Å². The van der Waals surface area contributed by atoms with Gasteiger partial charge >= 0.3 is 0 Å². The average molecular weight is 296 g/mol. The van der Waals surface area contributed by atoms with Crippen molar-refractivity contribution in [3.8, 4) is 12.3 Å². The van der Waals surface area contributed by atoms with E-state index in [2.05, 4.69) is 16.3 Å². The van der Waals surface area contributed by atoms with Crippen LogP contribution in [0.2, 0.25) is 0 Å². The van der Waals surface area contributed by atoms with Gasteiger partial charge in [-0.1, -0.05) is 5.92 Å². The van der Waals surface area contributed by atoms with Gasteiger partial charge in [-0.25, -0.2) is 8.42 Å². The molecule has 0 aromatic carbocycles. The zero-order valence-electron chi connectivity index (χ0n) is 11.6. The second-order valence-corrected chi connectivity index (χ2v) is 6.93. The molecule has 0 aliphatic heterocycles. The van der Waals surface area contributed by atoms with Crippen molar-refractivity contribution in [3.05, 3.63) is 12.4 Å². The summed E-state index contributed by atoms with van der Waals surface area (Å²) in [4.78, 5) is 0.213. The van der Waals surface area contributed by atoms with Crippen LogP contribution in [0, 0.1) is 18.3 Å². The Bertz CT molecular complexity index is 584. The summed E-state index contributed by atoms with van der Waals surface area (Å²) in [6.07, 6.45) is 10.4. The zero-order valence-corrected chi connectivity index (χ0v) is 12.4. The fourth-order valence-electron chi connectivity index (χ4n) is 1.91. The summed E-state index contributed by atoms with van der Waals surface area (Å²) in [7, 11) is -1.70. The maximum Gasteiger partial charge on any atom is 0.247 e. The Kier molecular flexibility index (Phi) is 4.81. The minimum Gasteiger partial charge on any atom is -0.318 e. The first-order valence-corrected chi connectivity index (χ1v) is 8.12. The Balaban J connectivity index is 2.13. The lowest BCUT2D eigenvalue weighted by molar-refractivity contribution is 0.430. The van der Waals surface area contributed by atoms with Crippen molar-refractivity contribution in [2.45, 2.75) is 24.3 Å². The van der Waals surface area contributed by atoms with Crippen molar-refractivity contribution < 1.29 is 8.42 Å². The van der Waals surface area contributed by atoms with E-state index < -0.39 is 10.0 Å². The van der Waals surface area contributed by atoms with E-state index in [4.69, 9.17) is 6.42 Å². The van der Waals surface area contributed by atoms with E-state index in [1.54, 1.807) is 10.9 Å². The van der Waals surface area contributed by atoms with Crippen molar-refractivity contribution >= 4 is 10.0 Å². The molecular formula is C13H20N4O2S. The molecule has 2 rings (SSSR count). The van der Waals surface area contributed by atoms with Crippen LogP contribution in [-0.2, 0) is 16.6 Å². The second kappa shape index (κ2) is 6.39. The van der Waals surface area contributed by atoms with Crippen molar-refractivity contribution in [2.75, 3.05) is 26.7 Å². The van der Waals surface area contributed by atoms with Gasteiger partial charge in [0, 0.05) is 19.3 Å². The molecule has 0 saturated heterocycles.